The Morgan fingerprint density at radius 2 is 2.00 bits per heavy atom. The molecule has 3 heterocycles. The highest BCUT2D eigenvalue weighted by atomic mass is 19.1. The second kappa shape index (κ2) is 6.87. The molecule has 5 heteroatoms. The van der Waals surface area contributed by atoms with Gasteiger partial charge in [0.25, 0.3) is 0 Å². The van der Waals surface area contributed by atoms with Gasteiger partial charge in [0.05, 0.1) is 19.4 Å². The van der Waals surface area contributed by atoms with E-state index in [4.69, 9.17) is 9.47 Å². The topological polar surface area (TPSA) is 34.6 Å². The molecular weight excluding hydrogens is 307 g/mol. The third-order valence-corrected chi connectivity index (χ3v) is 4.82. The van der Waals surface area contributed by atoms with Crippen LogP contribution < -0.4 is 4.74 Å². The third-order valence-electron chi connectivity index (χ3n) is 4.82. The van der Waals surface area contributed by atoms with Crippen LogP contribution in [-0.4, -0.2) is 41.3 Å². The van der Waals surface area contributed by atoms with Crippen LogP contribution in [0.15, 0.2) is 48.8 Å². The number of halogens is 1. The molecule has 0 N–H and O–H groups in total. The van der Waals surface area contributed by atoms with Crippen molar-refractivity contribution in [3.8, 4) is 5.75 Å². The van der Waals surface area contributed by atoms with Crippen LogP contribution in [0.4, 0.5) is 4.39 Å². The zero-order chi connectivity index (χ0) is 16.4. The summed E-state index contributed by atoms with van der Waals surface area (Å²) in [5.41, 5.74) is 1.01. The maximum absolute atomic E-state index is 13.4. The molecule has 4 rings (SSSR count). The molecule has 2 atom stereocenters. The van der Waals surface area contributed by atoms with Crippen LogP contribution in [-0.2, 0) is 11.3 Å². The van der Waals surface area contributed by atoms with E-state index in [9.17, 15) is 4.39 Å². The Labute approximate surface area is 141 Å². The average Bonchev–Trinajstić information content (AvgIpc) is 2.56. The molecule has 2 unspecified atom stereocenters. The third kappa shape index (κ3) is 3.42. The maximum atomic E-state index is 13.4. The molecule has 2 bridgehead atoms. The van der Waals surface area contributed by atoms with Crippen molar-refractivity contribution in [3.63, 3.8) is 0 Å². The van der Waals surface area contributed by atoms with Crippen molar-refractivity contribution >= 4 is 0 Å². The summed E-state index contributed by atoms with van der Waals surface area (Å²) in [5, 5.41) is 0. The van der Waals surface area contributed by atoms with E-state index in [0.717, 1.165) is 30.7 Å². The molecule has 1 aromatic heterocycles. The lowest BCUT2D eigenvalue weighted by molar-refractivity contribution is -0.104. The number of piperidine rings is 1. The summed E-state index contributed by atoms with van der Waals surface area (Å²) in [7, 11) is 0. The number of ether oxygens (including phenoxy) is 2. The van der Waals surface area contributed by atoms with Gasteiger partial charge < -0.3 is 9.47 Å². The molecule has 2 saturated heterocycles. The molecule has 0 saturated carbocycles. The van der Waals surface area contributed by atoms with Gasteiger partial charge in [0.15, 0.2) is 0 Å². The molecule has 2 fully saturated rings. The summed E-state index contributed by atoms with van der Waals surface area (Å²) < 4.78 is 25.3. The quantitative estimate of drug-likeness (QED) is 0.864. The first-order valence-electron chi connectivity index (χ1n) is 8.42. The maximum Gasteiger partial charge on any atom is 0.137 e. The smallest absolute Gasteiger partial charge is 0.137 e. The van der Waals surface area contributed by atoms with Crippen LogP contribution in [0.25, 0.3) is 0 Å². The SMILES string of the molecule is Fc1cccc(CN2C3COCC2CC(Oc2cccnc2)C3)c1. The Hall–Kier alpha value is -1.98. The Morgan fingerprint density at radius 3 is 2.71 bits per heavy atom. The summed E-state index contributed by atoms with van der Waals surface area (Å²) in [4.78, 5) is 6.55. The van der Waals surface area contributed by atoms with E-state index in [1.807, 2.05) is 18.2 Å². The summed E-state index contributed by atoms with van der Waals surface area (Å²) in [6, 6.07) is 11.3. The van der Waals surface area contributed by atoms with Crippen LogP contribution in [0.2, 0.25) is 0 Å². The predicted octanol–water partition coefficient (Wildman–Crippen LogP) is 3.03. The van der Waals surface area contributed by atoms with Crippen LogP contribution in [0.5, 0.6) is 5.75 Å². The van der Waals surface area contributed by atoms with Crippen LogP contribution in [0, 0.1) is 5.82 Å². The first kappa shape index (κ1) is 15.5. The number of nitrogens with zero attached hydrogens (tertiary/aromatic N) is 2. The lowest BCUT2D eigenvalue weighted by Gasteiger charge is -2.48. The second-order valence-corrected chi connectivity index (χ2v) is 6.55. The number of fused-ring (bicyclic) bond motifs is 2. The lowest BCUT2D eigenvalue weighted by atomic mass is 9.91. The Kier molecular flexibility index (Phi) is 4.45. The molecular formula is C19H21FN2O2. The van der Waals surface area contributed by atoms with Crippen LogP contribution >= 0.6 is 0 Å². The molecule has 2 aromatic rings. The van der Waals surface area contributed by atoms with Crippen molar-refractivity contribution in [2.24, 2.45) is 0 Å². The van der Waals surface area contributed by atoms with Crippen molar-refractivity contribution in [1.82, 2.24) is 9.88 Å². The van der Waals surface area contributed by atoms with Gasteiger partial charge in [-0.3, -0.25) is 9.88 Å². The second-order valence-electron chi connectivity index (χ2n) is 6.55. The molecule has 126 valence electrons. The van der Waals surface area contributed by atoms with Gasteiger partial charge in [0.1, 0.15) is 17.7 Å². The van der Waals surface area contributed by atoms with Gasteiger partial charge in [-0.15, -0.1) is 0 Å². The number of pyridine rings is 1. The van der Waals surface area contributed by atoms with Gasteiger partial charge in [-0.25, -0.2) is 4.39 Å². The molecule has 24 heavy (non-hydrogen) atoms. The number of aromatic nitrogens is 1. The van der Waals surface area contributed by atoms with Gasteiger partial charge >= 0.3 is 0 Å². The average molecular weight is 328 g/mol. The van der Waals surface area contributed by atoms with Gasteiger partial charge in [-0.1, -0.05) is 12.1 Å². The minimum Gasteiger partial charge on any atom is -0.489 e. The lowest BCUT2D eigenvalue weighted by Crippen LogP contribution is -2.58. The fraction of sp³-hybridized carbons (Fsp3) is 0.421. The minimum atomic E-state index is -0.177. The van der Waals surface area contributed by atoms with Crippen molar-refractivity contribution in [1.29, 1.82) is 0 Å². The zero-order valence-corrected chi connectivity index (χ0v) is 13.5. The monoisotopic (exact) mass is 328 g/mol. The summed E-state index contributed by atoms with van der Waals surface area (Å²) >= 11 is 0. The largest absolute Gasteiger partial charge is 0.489 e. The molecule has 0 radical (unpaired) electrons. The Bertz CT molecular complexity index is 668. The van der Waals surface area contributed by atoms with Crippen molar-refractivity contribution in [2.45, 2.75) is 37.6 Å². The van der Waals surface area contributed by atoms with E-state index in [1.54, 1.807) is 24.5 Å². The van der Waals surface area contributed by atoms with Crippen molar-refractivity contribution < 1.29 is 13.9 Å². The van der Waals surface area contributed by atoms with Gasteiger partial charge in [-0.2, -0.15) is 0 Å². The minimum absolute atomic E-state index is 0.177. The molecule has 0 amide bonds. The van der Waals surface area contributed by atoms with E-state index >= 15 is 0 Å². The van der Waals surface area contributed by atoms with E-state index < -0.39 is 0 Å². The first-order valence-corrected chi connectivity index (χ1v) is 8.42. The van der Waals surface area contributed by atoms with Crippen LogP contribution in [0.1, 0.15) is 18.4 Å². The highest BCUT2D eigenvalue weighted by molar-refractivity contribution is 5.18. The Balaban J connectivity index is 1.45. The number of rotatable bonds is 4. The fourth-order valence-corrected chi connectivity index (χ4v) is 3.75. The fourth-order valence-electron chi connectivity index (χ4n) is 3.75. The normalized spacial score (nSPS) is 27.0. The molecule has 2 aliphatic rings. The van der Waals surface area contributed by atoms with E-state index in [0.29, 0.717) is 25.3 Å². The number of hydrogen-bond acceptors (Lipinski definition) is 4. The van der Waals surface area contributed by atoms with Crippen molar-refractivity contribution in [3.05, 3.63) is 60.2 Å². The molecule has 0 aliphatic carbocycles. The van der Waals surface area contributed by atoms with Gasteiger partial charge in [0, 0.05) is 37.7 Å². The molecule has 0 spiro atoms. The predicted molar refractivity (Wildman–Crippen MR) is 88.2 cm³/mol. The Morgan fingerprint density at radius 1 is 1.17 bits per heavy atom. The standard InChI is InChI=1S/C19H21FN2O2/c20-15-4-1-3-14(7-15)11-22-16-8-19(9-17(22)13-23-12-16)24-18-5-2-6-21-10-18/h1-7,10,16-17,19H,8-9,11-13H2. The highest BCUT2D eigenvalue weighted by Crippen LogP contribution is 2.31. The first-order chi connectivity index (χ1) is 11.8. The van der Waals surface area contributed by atoms with Crippen LogP contribution in [0.3, 0.4) is 0 Å². The van der Waals surface area contributed by atoms with E-state index in [1.165, 1.54) is 6.07 Å². The van der Waals surface area contributed by atoms with E-state index in [2.05, 4.69) is 9.88 Å². The number of hydrogen-bond donors (Lipinski definition) is 0. The van der Waals surface area contributed by atoms with Gasteiger partial charge in [-0.05, 0) is 29.8 Å². The molecule has 2 aliphatic heterocycles. The summed E-state index contributed by atoms with van der Waals surface area (Å²) in [6.45, 7) is 2.17. The molecule has 4 nitrogen and oxygen atoms in total. The van der Waals surface area contributed by atoms with Gasteiger partial charge in [0.2, 0.25) is 0 Å². The summed E-state index contributed by atoms with van der Waals surface area (Å²) in [5.74, 6) is 0.642. The highest BCUT2D eigenvalue weighted by Gasteiger charge is 2.39. The number of benzene rings is 1. The number of morpholine rings is 1. The van der Waals surface area contributed by atoms with Crippen molar-refractivity contribution in [2.75, 3.05) is 13.2 Å². The zero-order valence-electron chi connectivity index (χ0n) is 13.5. The summed E-state index contributed by atoms with van der Waals surface area (Å²) in [6.07, 6.45) is 5.51. The van der Waals surface area contributed by atoms with E-state index in [-0.39, 0.29) is 11.9 Å². The molecule has 1 aromatic carbocycles.